The fourth-order valence-corrected chi connectivity index (χ4v) is 4.13. The summed E-state index contributed by atoms with van der Waals surface area (Å²) in [5.41, 5.74) is 3.52. The molecule has 0 bridgehead atoms. The van der Waals surface area contributed by atoms with Gasteiger partial charge in [-0.1, -0.05) is 24.3 Å². The van der Waals surface area contributed by atoms with Crippen LogP contribution in [0.1, 0.15) is 17.5 Å². The highest BCUT2D eigenvalue weighted by Gasteiger charge is 2.20. The van der Waals surface area contributed by atoms with Gasteiger partial charge >= 0.3 is 0 Å². The molecule has 0 spiro atoms. The number of anilines is 1. The van der Waals surface area contributed by atoms with Crippen LogP contribution < -0.4 is 10.2 Å². The number of nitriles is 1. The van der Waals surface area contributed by atoms with Gasteiger partial charge in [-0.2, -0.15) is 5.26 Å². The Bertz CT molecular complexity index is 1170. The lowest BCUT2D eigenvalue weighted by Crippen LogP contribution is -2.47. The Balaban J connectivity index is 1.13. The third kappa shape index (κ3) is 7.11. The first-order valence-corrected chi connectivity index (χ1v) is 12.1. The fourth-order valence-electron chi connectivity index (χ4n) is 4.13. The van der Waals surface area contributed by atoms with Crippen molar-refractivity contribution < 1.29 is 13.9 Å². The predicted molar refractivity (Wildman–Crippen MR) is 137 cm³/mol. The number of nitrogens with zero attached hydrogens (tertiary/aromatic N) is 4. The van der Waals surface area contributed by atoms with Crippen LogP contribution in [-0.2, 0) is 16.1 Å². The van der Waals surface area contributed by atoms with E-state index in [1.807, 2.05) is 24.3 Å². The number of rotatable bonds is 10. The Morgan fingerprint density at radius 2 is 1.78 bits per heavy atom. The summed E-state index contributed by atoms with van der Waals surface area (Å²) >= 11 is 0. The lowest BCUT2D eigenvalue weighted by molar-refractivity contribution is -0.122. The maximum Gasteiger partial charge on any atom is 0.222 e. The lowest BCUT2D eigenvalue weighted by Gasteiger charge is -2.36. The highest BCUT2D eigenvalue weighted by Crippen LogP contribution is 2.29. The van der Waals surface area contributed by atoms with E-state index in [1.54, 1.807) is 30.5 Å². The maximum atomic E-state index is 13.3. The molecule has 0 unspecified atom stereocenters. The van der Waals surface area contributed by atoms with Crippen LogP contribution in [0.4, 0.5) is 10.2 Å². The molecule has 0 radical (unpaired) electrons. The molecule has 1 aliphatic heterocycles. The van der Waals surface area contributed by atoms with Crippen LogP contribution in [0.25, 0.3) is 11.1 Å². The molecule has 0 aliphatic carbocycles. The van der Waals surface area contributed by atoms with Gasteiger partial charge in [0.1, 0.15) is 11.6 Å². The van der Waals surface area contributed by atoms with Gasteiger partial charge < -0.3 is 15.0 Å². The van der Waals surface area contributed by atoms with E-state index in [2.05, 4.69) is 26.2 Å². The first-order valence-electron chi connectivity index (χ1n) is 12.1. The molecule has 1 aromatic heterocycles. The Labute approximate surface area is 211 Å². The summed E-state index contributed by atoms with van der Waals surface area (Å²) in [6.07, 6.45) is 2.11. The molecular weight excluding hydrogens is 457 g/mol. The van der Waals surface area contributed by atoms with E-state index in [-0.39, 0.29) is 11.7 Å². The Morgan fingerprint density at radius 3 is 2.50 bits per heavy atom. The van der Waals surface area contributed by atoms with E-state index in [1.165, 1.54) is 12.1 Å². The zero-order chi connectivity index (χ0) is 25.2. The van der Waals surface area contributed by atoms with Crippen LogP contribution in [0.15, 0.2) is 66.9 Å². The number of aromatic nitrogens is 1. The number of halogens is 1. The number of amides is 1. The zero-order valence-corrected chi connectivity index (χ0v) is 20.2. The van der Waals surface area contributed by atoms with E-state index in [4.69, 9.17) is 10.00 Å². The maximum absolute atomic E-state index is 13.3. The quantitative estimate of drug-likeness (QED) is 0.440. The summed E-state index contributed by atoms with van der Waals surface area (Å²) in [5, 5.41) is 11.7. The van der Waals surface area contributed by atoms with Crippen molar-refractivity contribution in [1.29, 1.82) is 5.26 Å². The minimum absolute atomic E-state index is 0.0553. The molecule has 1 fully saturated rings. The number of carbonyl (C=O) groups excluding carboxylic acids is 1. The average Bonchev–Trinajstić information content (AvgIpc) is 2.93. The van der Waals surface area contributed by atoms with Crippen LogP contribution in [-0.4, -0.2) is 61.7 Å². The number of piperazine rings is 1. The second-order valence-corrected chi connectivity index (χ2v) is 8.66. The third-order valence-electron chi connectivity index (χ3n) is 6.21. The van der Waals surface area contributed by atoms with Crippen molar-refractivity contribution in [2.45, 2.75) is 13.0 Å². The first kappa shape index (κ1) is 25.3. The smallest absolute Gasteiger partial charge is 0.222 e. The molecular formula is C28H30FN5O2. The van der Waals surface area contributed by atoms with E-state index >= 15 is 0 Å². The van der Waals surface area contributed by atoms with E-state index < -0.39 is 0 Å². The molecule has 7 nitrogen and oxygen atoms in total. The van der Waals surface area contributed by atoms with Crippen molar-refractivity contribution in [2.24, 2.45) is 0 Å². The third-order valence-corrected chi connectivity index (χ3v) is 6.21. The van der Waals surface area contributed by atoms with E-state index in [0.717, 1.165) is 55.2 Å². The molecule has 4 rings (SSSR count). The van der Waals surface area contributed by atoms with E-state index in [9.17, 15) is 9.18 Å². The Hall–Kier alpha value is -3.80. The van der Waals surface area contributed by atoms with E-state index in [0.29, 0.717) is 31.7 Å². The molecule has 1 N–H and O–H groups in total. The molecule has 1 aliphatic rings. The summed E-state index contributed by atoms with van der Waals surface area (Å²) in [7, 11) is 0. The SMILES string of the molecule is N#Cc1ccc(CNC(=O)CCOCCN2CCN(c3ncccc3-c3ccc(F)cc3)CC2)cc1. The molecule has 36 heavy (non-hydrogen) atoms. The molecule has 1 saturated heterocycles. The number of pyridine rings is 1. The molecule has 1 amide bonds. The molecule has 2 heterocycles. The van der Waals surface area contributed by atoms with Crippen LogP contribution in [0.5, 0.6) is 0 Å². The zero-order valence-electron chi connectivity index (χ0n) is 20.2. The van der Waals surface area contributed by atoms with Gasteiger partial charge in [0.25, 0.3) is 0 Å². The number of hydrogen-bond acceptors (Lipinski definition) is 6. The molecule has 2 aromatic carbocycles. The predicted octanol–water partition coefficient (Wildman–Crippen LogP) is 3.60. The van der Waals surface area contributed by atoms with Gasteiger partial charge in [-0.05, 0) is 47.5 Å². The molecule has 8 heteroatoms. The van der Waals surface area contributed by atoms with Gasteiger partial charge in [-0.15, -0.1) is 0 Å². The molecule has 3 aromatic rings. The summed E-state index contributed by atoms with van der Waals surface area (Å²) in [5.74, 6) is 0.621. The van der Waals surface area contributed by atoms with Crippen molar-refractivity contribution in [3.8, 4) is 17.2 Å². The van der Waals surface area contributed by atoms with Crippen LogP contribution in [0.2, 0.25) is 0 Å². The van der Waals surface area contributed by atoms with Crippen LogP contribution >= 0.6 is 0 Å². The number of nitrogens with one attached hydrogen (secondary N) is 1. The summed E-state index contributed by atoms with van der Waals surface area (Å²) in [6, 6.07) is 19.7. The fraction of sp³-hybridized carbons (Fsp3) is 0.321. The van der Waals surface area contributed by atoms with Gasteiger partial charge in [0, 0.05) is 57.4 Å². The van der Waals surface area contributed by atoms with Gasteiger partial charge in [0.15, 0.2) is 0 Å². The van der Waals surface area contributed by atoms with Crippen LogP contribution in [0.3, 0.4) is 0 Å². The summed E-state index contributed by atoms with van der Waals surface area (Å²) < 4.78 is 19.0. The van der Waals surface area contributed by atoms with Gasteiger partial charge in [0.2, 0.25) is 5.91 Å². The van der Waals surface area contributed by atoms with Crippen molar-refractivity contribution >= 4 is 11.7 Å². The monoisotopic (exact) mass is 487 g/mol. The minimum atomic E-state index is -0.247. The number of hydrogen-bond donors (Lipinski definition) is 1. The standard InChI is InChI=1S/C28H30FN5O2/c29-25-9-7-24(8-10-25)26-2-1-12-31-28(26)34-15-13-33(14-16-34)17-19-36-18-11-27(35)32-21-23-5-3-22(20-30)4-6-23/h1-10,12H,11,13-19,21H2,(H,32,35). The minimum Gasteiger partial charge on any atom is -0.380 e. The number of ether oxygens (including phenoxy) is 1. The Kier molecular flexibility index (Phi) is 8.98. The topological polar surface area (TPSA) is 81.5 Å². The van der Waals surface area contributed by atoms with Gasteiger partial charge in [-0.25, -0.2) is 9.37 Å². The van der Waals surface area contributed by atoms with Crippen LogP contribution in [0, 0.1) is 17.1 Å². The normalized spacial score (nSPS) is 13.8. The molecule has 186 valence electrons. The number of benzene rings is 2. The molecule has 0 saturated carbocycles. The van der Waals surface area contributed by atoms with Gasteiger partial charge in [0.05, 0.1) is 24.8 Å². The largest absolute Gasteiger partial charge is 0.380 e. The summed E-state index contributed by atoms with van der Waals surface area (Å²) in [4.78, 5) is 21.3. The highest BCUT2D eigenvalue weighted by atomic mass is 19.1. The Morgan fingerprint density at radius 1 is 1.03 bits per heavy atom. The van der Waals surface area contributed by atoms with Crippen molar-refractivity contribution in [3.63, 3.8) is 0 Å². The lowest BCUT2D eigenvalue weighted by atomic mass is 10.1. The average molecular weight is 488 g/mol. The second-order valence-electron chi connectivity index (χ2n) is 8.66. The first-order chi connectivity index (χ1) is 17.6. The molecule has 0 atom stereocenters. The van der Waals surface area contributed by atoms with Crippen molar-refractivity contribution in [3.05, 3.63) is 83.8 Å². The number of carbonyl (C=O) groups is 1. The highest BCUT2D eigenvalue weighted by molar-refractivity contribution is 5.76. The van der Waals surface area contributed by atoms with Gasteiger partial charge in [-0.3, -0.25) is 9.69 Å². The second kappa shape index (κ2) is 12.8. The van der Waals surface area contributed by atoms with Crippen molar-refractivity contribution in [1.82, 2.24) is 15.2 Å². The van der Waals surface area contributed by atoms with Crippen molar-refractivity contribution in [2.75, 3.05) is 50.8 Å². The summed E-state index contributed by atoms with van der Waals surface area (Å²) in [6.45, 7) is 5.71.